The summed E-state index contributed by atoms with van der Waals surface area (Å²) in [5.74, 6) is 0. The minimum absolute atomic E-state index is 0.274. The molecule has 4 N–H and O–H groups in total. The molecule has 0 heterocycles. The molecule has 1 aromatic carbocycles. The second kappa shape index (κ2) is 4.77. The van der Waals surface area contributed by atoms with Crippen LogP contribution in [0.15, 0.2) is 18.2 Å². The highest BCUT2D eigenvalue weighted by molar-refractivity contribution is 7.93. The van der Waals surface area contributed by atoms with E-state index in [4.69, 9.17) is 5.73 Å². The highest BCUT2D eigenvalue weighted by Crippen LogP contribution is 2.33. The molecule has 7 nitrogen and oxygen atoms in total. The van der Waals surface area contributed by atoms with Crippen molar-refractivity contribution in [1.82, 2.24) is 0 Å². The summed E-state index contributed by atoms with van der Waals surface area (Å²) in [7, 11) is -6.81. The molecule has 3 rings (SSSR count). The van der Waals surface area contributed by atoms with Gasteiger partial charge in [0.25, 0.3) is 0 Å². The summed E-state index contributed by atoms with van der Waals surface area (Å²) in [6.07, 6.45) is 2.61. The number of hydrogen-bond acceptors (Lipinski definition) is 5. The van der Waals surface area contributed by atoms with Gasteiger partial charge in [-0.05, 0) is 43.9 Å². The van der Waals surface area contributed by atoms with E-state index in [9.17, 15) is 16.8 Å². The lowest BCUT2D eigenvalue weighted by Gasteiger charge is -2.12. The van der Waals surface area contributed by atoms with E-state index in [-0.39, 0.29) is 21.9 Å². The molecule has 2 saturated carbocycles. The van der Waals surface area contributed by atoms with Crippen LogP contribution in [0.25, 0.3) is 0 Å². The monoisotopic (exact) mass is 331 g/mol. The highest BCUT2D eigenvalue weighted by atomic mass is 32.2. The van der Waals surface area contributed by atoms with Gasteiger partial charge in [0.2, 0.25) is 20.0 Å². The third-order valence-corrected chi connectivity index (χ3v) is 7.14. The van der Waals surface area contributed by atoms with Crippen molar-refractivity contribution >= 4 is 37.1 Å². The fourth-order valence-electron chi connectivity index (χ4n) is 2.02. The first-order chi connectivity index (χ1) is 9.76. The van der Waals surface area contributed by atoms with Crippen molar-refractivity contribution in [1.29, 1.82) is 0 Å². The van der Waals surface area contributed by atoms with Crippen LogP contribution in [0.2, 0.25) is 0 Å². The van der Waals surface area contributed by atoms with Gasteiger partial charge in [-0.25, -0.2) is 16.8 Å². The lowest BCUT2D eigenvalue weighted by Crippen LogP contribution is -2.19. The lowest BCUT2D eigenvalue weighted by molar-refractivity contribution is 0.598. The van der Waals surface area contributed by atoms with Crippen molar-refractivity contribution in [3.05, 3.63) is 18.2 Å². The van der Waals surface area contributed by atoms with Gasteiger partial charge in [-0.3, -0.25) is 9.44 Å². The molecular formula is C12H17N3O4S2. The summed E-state index contributed by atoms with van der Waals surface area (Å²) in [5.41, 5.74) is 6.55. The molecule has 1 aromatic rings. The van der Waals surface area contributed by atoms with Gasteiger partial charge in [-0.2, -0.15) is 0 Å². The average Bonchev–Trinajstić information content (AvgIpc) is 3.18. The van der Waals surface area contributed by atoms with Crippen molar-refractivity contribution in [2.45, 2.75) is 36.2 Å². The number of anilines is 3. The molecule has 21 heavy (non-hydrogen) atoms. The molecule has 0 atom stereocenters. The molecule has 0 aromatic heterocycles. The van der Waals surface area contributed by atoms with E-state index in [1.807, 2.05) is 0 Å². The Morgan fingerprint density at radius 3 is 1.52 bits per heavy atom. The number of hydrogen-bond donors (Lipinski definition) is 3. The Hall–Kier alpha value is -1.48. The smallest absolute Gasteiger partial charge is 0.235 e. The molecule has 0 unspecified atom stereocenters. The number of nitrogens with one attached hydrogen (secondary N) is 2. The first kappa shape index (κ1) is 14.5. The molecule has 0 aliphatic heterocycles. The Labute approximate surface area is 124 Å². The maximum Gasteiger partial charge on any atom is 0.235 e. The maximum absolute atomic E-state index is 11.9. The molecule has 116 valence electrons. The number of rotatable bonds is 6. The number of benzene rings is 1. The topological polar surface area (TPSA) is 118 Å². The van der Waals surface area contributed by atoms with Crippen LogP contribution in [0.4, 0.5) is 17.1 Å². The van der Waals surface area contributed by atoms with Gasteiger partial charge in [0.1, 0.15) is 0 Å². The van der Waals surface area contributed by atoms with Crippen LogP contribution in [-0.4, -0.2) is 27.3 Å². The van der Waals surface area contributed by atoms with Gasteiger partial charge in [0, 0.05) is 5.69 Å². The number of nitrogen functional groups attached to an aromatic ring is 1. The number of nitrogens with two attached hydrogens (primary N) is 1. The van der Waals surface area contributed by atoms with E-state index in [0.717, 1.165) is 0 Å². The third kappa shape index (κ3) is 3.41. The normalized spacial score (nSPS) is 19.2. The van der Waals surface area contributed by atoms with E-state index in [2.05, 4.69) is 9.44 Å². The molecule has 0 radical (unpaired) electrons. The molecular weight excluding hydrogens is 314 g/mol. The summed E-state index contributed by atoms with van der Waals surface area (Å²) in [6, 6.07) is 4.37. The zero-order chi connectivity index (χ0) is 15.3. The van der Waals surface area contributed by atoms with Crippen LogP contribution in [0.1, 0.15) is 25.7 Å². The fraction of sp³-hybridized carbons (Fsp3) is 0.500. The van der Waals surface area contributed by atoms with Crippen LogP contribution in [0, 0.1) is 0 Å². The van der Waals surface area contributed by atoms with Gasteiger partial charge < -0.3 is 5.73 Å². The Kier molecular flexibility index (Phi) is 3.28. The summed E-state index contributed by atoms with van der Waals surface area (Å²) in [6.45, 7) is 0. The fourth-order valence-corrected chi connectivity index (χ4v) is 4.76. The second-order valence-corrected chi connectivity index (χ2v) is 9.46. The maximum atomic E-state index is 11.9. The van der Waals surface area contributed by atoms with E-state index in [1.54, 1.807) is 0 Å². The van der Waals surface area contributed by atoms with Crippen LogP contribution in [0.3, 0.4) is 0 Å². The minimum atomic E-state index is -3.40. The molecule has 2 aliphatic carbocycles. The van der Waals surface area contributed by atoms with Gasteiger partial charge in [0.05, 0.1) is 21.9 Å². The first-order valence-corrected chi connectivity index (χ1v) is 9.79. The zero-order valence-corrected chi connectivity index (χ0v) is 12.9. The summed E-state index contributed by atoms with van der Waals surface area (Å²) in [5, 5.41) is -0.712. The second-order valence-electron chi connectivity index (χ2n) is 5.54. The predicted octanol–water partition coefficient (Wildman–Crippen LogP) is 1.08. The van der Waals surface area contributed by atoms with Crippen LogP contribution in [0.5, 0.6) is 0 Å². The SMILES string of the molecule is Nc1cc(NS(=O)(=O)C2CC2)cc(NS(=O)(=O)C2CC2)c1. The Morgan fingerprint density at radius 1 is 0.810 bits per heavy atom. The average molecular weight is 331 g/mol. The lowest BCUT2D eigenvalue weighted by atomic mass is 10.2. The summed E-state index contributed by atoms with van der Waals surface area (Å²) < 4.78 is 52.5. The Morgan fingerprint density at radius 2 is 1.19 bits per heavy atom. The van der Waals surface area contributed by atoms with Crippen molar-refractivity contribution in [2.75, 3.05) is 15.2 Å². The molecule has 0 bridgehead atoms. The van der Waals surface area contributed by atoms with E-state index < -0.39 is 20.0 Å². The Balaban J connectivity index is 1.82. The van der Waals surface area contributed by atoms with E-state index in [1.165, 1.54) is 18.2 Å². The minimum Gasteiger partial charge on any atom is -0.399 e. The van der Waals surface area contributed by atoms with E-state index >= 15 is 0 Å². The quantitative estimate of drug-likeness (QED) is 0.674. The molecule has 0 spiro atoms. The van der Waals surface area contributed by atoms with Gasteiger partial charge in [-0.15, -0.1) is 0 Å². The highest BCUT2D eigenvalue weighted by Gasteiger charge is 2.37. The Bertz CT molecular complexity index is 703. The van der Waals surface area contributed by atoms with Gasteiger partial charge >= 0.3 is 0 Å². The molecule has 2 aliphatic rings. The largest absolute Gasteiger partial charge is 0.399 e. The van der Waals surface area contributed by atoms with Crippen molar-refractivity contribution in [3.63, 3.8) is 0 Å². The first-order valence-electron chi connectivity index (χ1n) is 6.70. The van der Waals surface area contributed by atoms with Crippen LogP contribution in [-0.2, 0) is 20.0 Å². The molecule has 0 saturated heterocycles. The van der Waals surface area contributed by atoms with E-state index in [0.29, 0.717) is 31.4 Å². The number of sulfonamides is 2. The van der Waals surface area contributed by atoms with Crippen molar-refractivity contribution < 1.29 is 16.8 Å². The summed E-state index contributed by atoms with van der Waals surface area (Å²) >= 11 is 0. The van der Waals surface area contributed by atoms with Crippen LogP contribution < -0.4 is 15.2 Å². The molecule has 2 fully saturated rings. The van der Waals surface area contributed by atoms with Crippen molar-refractivity contribution in [3.8, 4) is 0 Å². The molecule has 0 amide bonds. The third-order valence-electron chi connectivity index (χ3n) is 3.40. The van der Waals surface area contributed by atoms with Gasteiger partial charge in [0.15, 0.2) is 0 Å². The zero-order valence-electron chi connectivity index (χ0n) is 11.2. The summed E-state index contributed by atoms with van der Waals surface area (Å²) in [4.78, 5) is 0. The van der Waals surface area contributed by atoms with Crippen LogP contribution >= 0.6 is 0 Å². The standard InChI is InChI=1S/C12H17N3O4S2/c13-8-5-9(14-20(16,17)11-1-2-11)7-10(6-8)15-21(18,19)12-3-4-12/h5-7,11-12,14-15H,1-4,13H2. The predicted molar refractivity (Wildman–Crippen MR) is 82.0 cm³/mol. The molecule has 9 heteroatoms. The van der Waals surface area contributed by atoms with Crippen molar-refractivity contribution in [2.24, 2.45) is 0 Å². The van der Waals surface area contributed by atoms with Gasteiger partial charge in [-0.1, -0.05) is 0 Å².